The topological polar surface area (TPSA) is 85.4 Å². The number of amides is 1. The molecule has 190 valence electrons. The number of aryl methyl sites for hydroxylation is 1. The molecule has 2 aromatic carbocycles. The Balaban J connectivity index is 1.60. The van der Waals surface area contributed by atoms with E-state index >= 15 is 0 Å². The molecule has 2 heterocycles. The molecule has 3 aromatic rings. The van der Waals surface area contributed by atoms with E-state index in [1.807, 2.05) is 30.7 Å². The standard InChI is InChI=1S/C26H28F3N5O2/c1-16-10-21(25(35)34(14-26(27,28)29)22-7-5-4-6-19(16)22)31-12-20(30)18-8-9-23(24(11-18)36-3)33-13-17(2)32-15-33/h4-9,11-13,15-16,21,31H,10,14,30H2,1-3H3/b20-12-. The van der Waals surface area contributed by atoms with E-state index < -0.39 is 24.7 Å². The maximum atomic E-state index is 13.4. The van der Waals surface area contributed by atoms with Gasteiger partial charge >= 0.3 is 6.18 Å². The van der Waals surface area contributed by atoms with E-state index in [1.54, 1.807) is 49.8 Å². The lowest BCUT2D eigenvalue weighted by Crippen LogP contribution is -2.48. The van der Waals surface area contributed by atoms with E-state index in [0.29, 0.717) is 29.0 Å². The molecule has 36 heavy (non-hydrogen) atoms. The summed E-state index contributed by atoms with van der Waals surface area (Å²) in [6, 6.07) is 11.2. The molecule has 1 amide bonds. The summed E-state index contributed by atoms with van der Waals surface area (Å²) >= 11 is 0. The number of nitrogens with one attached hydrogen (secondary N) is 1. The van der Waals surface area contributed by atoms with Crippen LogP contribution < -0.4 is 20.7 Å². The van der Waals surface area contributed by atoms with Gasteiger partial charge in [0.25, 0.3) is 0 Å². The number of methoxy groups -OCH3 is 1. The third-order valence-electron chi connectivity index (χ3n) is 6.19. The third kappa shape index (κ3) is 5.32. The smallest absolute Gasteiger partial charge is 0.406 e. The van der Waals surface area contributed by atoms with Crippen LogP contribution >= 0.6 is 0 Å². The largest absolute Gasteiger partial charge is 0.495 e. The van der Waals surface area contributed by atoms with Crippen LogP contribution in [0.1, 0.15) is 36.1 Å². The highest BCUT2D eigenvalue weighted by Crippen LogP contribution is 2.36. The predicted octanol–water partition coefficient (Wildman–Crippen LogP) is 4.51. The van der Waals surface area contributed by atoms with Crippen LogP contribution in [0.5, 0.6) is 5.75 Å². The Morgan fingerprint density at radius 3 is 2.67 bits per heavy atom. The lowest BCUT2D eigenvalue weighted by molar-refractivity contribution is -0.133. The molecule has 4 rings (SSSR count). The normalized spacial score (nSPS) is 18.6. The van der Waals surface area contributed by atoms with Crippen molar-refractivity contribution in [2.45, 2.75) is 38.4 Å². The number of nitrogens with zero attached hydrogens (tertiary/aromatic N) is 3. The van der Waals surface area contributed by atoms with Gasteiger partial charge in [0.1, 0.15) is 18.3 Å². The van der Waals surface area contributed by atoms with Gasteiger partial charge in [-0.1, -0.05) is 31.2 Å². The Morgan fingerprint density at radius 2 is 2.00 bits per heavy atom. The van der Waals surface area contributed by atoms with Crippen LogP contribution in [0.2, 0.25) is 0 Å². The van der Waals surface area contributed by atoms with Gasteiger partial charge in [0.2, 0.25) is 5.91 Å². The van der Waals surface area contributed by atoms with E-state index in [0.717, 1.165) is 16.3 Å². The molecule has 0 fully saturated rings. The second-order valence-electron chi connectivity index (χ2n) is 8.86. The molecule has 0 saturated heterocycles. The minimum absolute atomic E-state index is 0.145. The molecule has 2 atom stereocenters. The molecule has 7 nitrogen and oxygen atoms in total. The van der Waals surface area contributed by atoms with Gasteiger partial charge in [0.05, 0.1) is 30.5 Å². The number of carbonyl (C=O) groups excluding carboxylic acids is 1. The number of rotatable bonds is 6. The number of hydrogen-bond acceptors (Lipinski definition) is 5. The number of halogens is 3. The summed E-state index contributed by atoms with van der Waals surface area (Å²) in [5, 5.41) is 2.98. The number of ether oxygens (including phenoxy) is 1. The number of fused-ring (bicyclic) bond motifs is 1. The van der Waals surface area contributed by atoms with Crippen LogP contribution in [0.25, 0.3) is 11.4 Å². The maximum Gasteiger partial charge on any atom is 0.406 e. The van der Waals surface area contributed by atoms with Crippen molar-refractivity contribution in [3.8, 4) is 11.4 Å². The first-order valence-corrected chi connectivity index (χ1v) is 11.5. The van der Waals surface area contributed by atoms with Crippen LogP contribution in [0.15, 0.2) is 61.2 Å². The van der Waals surface area contributed by atoms with Gasteiger partial charge in [-0.3, -0.25) is 4.79 Å². The minimum atomic E-state index is -4.54. The Labute approximate surface area is 207 Å². The number of para-hydroxylation sites is 1. The highest BCUT2D eigenvalue weighted by molar-refractivity contribution is 5.99. The zero-order chi connectivity index (χ0) is 26.0. The Kier molecular flexibility index (Phi) is 6.96. The fourth-order valence-corrected chi connectivity index (χ4v) is 4.42. The molecular weight excluding hydrogens is 471 g/mol. The summed E-state index contributed by atoms with van der Waals surface area (Å²) in [5.41, 5.74) is 9.84. The van der Waals surface area contributed by atoms with Gasteiger partial charge in [-0.2, -0.15) is 13.2 Å². The summed E-state index contributed by atoms with van der Waals surface area (Å²) < 4.78 is 47.4. The van der Waals surface area contributed by atoms with Gasteiger partial charge < -0.3 is 25.3 Å². The van der Waals surface area contributed by atoms with Crippen molar-refractivity contribution in [3.05, 3.63) is 78.0 Å². The first kappa shape index (κ1) is 25.2. The quantitative estimate of drug-likeness (QED) is 0.522. The number of aromatic nitrogens is 2. The number of anilines is 1. The van der Waals surface area contributed by atoms with E-state index in [2.05, 4.69) is 10.3 Å². The lowest BCUT2D eigenvalue weighted by atomic mass is 9.94. The summed E-state index contributed by atoms with van der Waals surface area (Å²) in [6.45, 7) is 2.42. The van der Waals surface area contributed by atoms with Gasteiger partial charge in [0, 0.05) is 23.6 Å². The number of carbonyl (C=O) groups is 1. The van der Waals surface area contributed by atoms with E-state index in [1.165, 1.54) is 6.20 Å². The van der Waals surface area contributed by atoms with Gasteiger partial charge in [-0.05, 0) is 43.0 Å². The number of benzene rings is 2. The van der Waals surface area contributed by atoms with E-state index in [-0.39, 0.29) is 11.6 Å². The van der Waals surface area contributed by atoms with Gasteiger partial charge in [-0.15, -0.1) is 0 Å². The number of hydrogen-bond donors (Lipinski definition) is 2. The molecule has 0 spiro atoms. The van der Waals surface area contributed by atoms with Gasteiger partial charge in [0.15, 0.2) is 0 Å². The van der Waals surface area contributed by atoms with Crippen LogP contribution in [0, 0.1) is 6.92 Å². The average Bonchev–Trinajstić information content (AvgIpc) is 3.25. The summed E-state index contributed by atoms with van der Waals surface area (Å²) in [6.07, 6.45) is 0.782. The molecule has 1 aliphatic rings. The Bertz CT molecular complexity index is 1280. The second-order valence-corrected chi connectivity index (χ2v) is 8.86. The van der Waals surface area contributed by atoms with Crippen molar-refractivity contribution >= 4 is 17.3 Å². The van der Waals surface area contributed by atoms with Crippen LogP contribution in [-0.4, -0.2) is 41.3 Å². The molecular formula is C26H28F3N5O2. The van der Waals surface area contributed by atoms with Crippen LogP contribution in [-0.2, 0) is 4.79 Å². The fraction of sp³-hybridized carbons (Fsp3) is 0.308. The van der Waals surface area contributed by atoms with Crippen molar-refractivity contribution in [3.63, 3.8) is 0 Å². The summed E-state index contributed by atoms with van der Waals surface area (Å²) in [7, 11) is 1.54. The van der Waals surface area contributed by atoms with Crippen molar-refractivity contribution in [2.24, 2.45) is 5.73 Å². The molecule has 0 bridgehead atoms. The molecule has 0 aliphatic carbocycles. The molecule has 1 aliphatic heterocycles. The molecule has 0 radical (unpaired) electrons. The Morgan fingerprint density at radius 1 is 1.25 bits per heavy atom. The molecule has 10 heteroatoms. The van der Waals surface area contributed by atoms with Crippen LogP contribution in [0.3, 0.4) is 0 Å². The fourth-order valence-electron chi connectivity index (χ4n) is 4.42. The monoisotopic (exact) mass is 499 g/mol. The van der Waals surface area contributed by atoms with Crippen molar-refractivity contribution in [1.29, 1.82) is 0 Å². The summed E-state index contributed by atoms with van der Waals surface area (Å²) in [4.78, 5) is 18.3. The zero-order valence-corrected chi connectivity index (χ0v) is 20.2. The van der Waals surface area contributed by atoms with Gasteiger partial charge in [-0.25, -0.2) is 4.98 Å². The predicted molar refractivity (Wildman–Crippen MR) is 132 cm³/mol. The number of nitrogens with two attached hydrogens (primary N) is 1. The highest BCUT2D eigenvalue weighted by Gasteiger charge is 2.39. The SMILES string of the molecule is COc1cc(/C(N)=C/NC2CC(C)c3ccccc3N(CC(F)(F)F)C2=O)ccc1-n1cnc(C)c1. The number of imidazole rings is 1. The Hall–Kier alpha value is -3.95. The molecule has 0 saturated carbocycles. The van der Waals surface area contributed by atoms with E-state index in [4.69, 9.17) is 10.5 Å². The highest BCUT2D eigenvalue weighted by atomic mass is 19.4. The number of alkyl halides is 3. The molecule has 2 unspecified atom stereocenters. The minimum Gasteiger partial charge on any atom is -0.495 e. The van der Waals surface area contributed by atoms with E-state index in [9.17, 15) is 18.0 Å². The molecule has 1 aromatic heterocycles. The van der Waals surface area contributed by atoms with Crippen molar-refractivity contribution < 1.29 is 22.7 Å². The van der Waals surface area contributed by atoms with Crippen LogP contribution in [0.4, 0.5) is 18.9 Å². The van der Waals surface area contributed by atoms with Crippen molar-refractivity contribution in [1.82, 2.24) is 14.9 Å². The zero-order valence-electron chi connectivity index (χ0n) is 20.2. The first-order valence-electron chi connectivity index (χ1n) is 11.5. The maximum absolute atomic E-state index is 13.4. The lowest BCUT2D eigenvalue weighted by Gasteiger charge is -2.27. The third-order valence-corrected chi connectivity index (χ3v) is 6.19. The summed E-state index contributed by atoms with van der Waals surface area (Å²) in [5.74, 6) is -0.239. The van der Waals surface area contributed by atoms with Crippen molar-refractivity contribution in [2.75, 3.05) is 18.6 Å². The molecule has 3 N–H and O–H groups in total. The first-order chi connectivity index (χ1) is 17.1. The average molecular weight is 500 g/mol. The second kappa shape index (κ2) is 9.96.